The van der Waals surface area contributed by atoms with Crippen LogP contribution < -0.4 is 0 Å². The zero-order chi connectivity index (χ0) is 37.0. The van der Waals surface area contributed by atoms with Gasteiger partial charge in [-0.25, -0.2) is 15.0 Å². The zero-order valence-corrected chi connectivity index (χ0v) is 30.9. The van der Waals surface area contributed by atoms with Crippen molar-refractivity contribution in [2.45, 2.75) is 0 Å². The minimum absolute atomic E-state index is 0.639. The van der Waals surface area contributed by atoms with Gasteiger partial charge in [-0.15, -0.1) is 11.3 Å². The normalized spacial score (nSPS) is 11.6. The maximum absolute atomic E-state index is 6.66. The van der Waals surface area contributed by atoms with E-state index in [2.05, 4.69) is 152 Å². The molecule has 0 spiro atoms. The van der Waals surface area contributed by atoms with Crippen LogP contribution in [0.4, 0.5) is 0 Å². The first-order valence-electron chi connectivity index (χ1n) is 18.7. The van der Waals surface area contributed by atoms with Gasteiger partial charge in [-0.3, -0.25) is 0 Å². The van der Waals surface area contributed by atoms with E-state index in [-0.39, 0.29) is 0 Å². The Morgan fingerprint density at radius 3 is 1.61 bits per heavy atom. The van der Waals surface area contributed by atoms with Crippen molar-refractivity contribution in [3.63, 3.8) is 0 Å². The molecule has 3 aromatic heterocycles. The molecule has 0 aliphatic heterocycles. The van der Waals surface area contributed by atoms with Crippen LogP contribution in [0.2, 0.25) is 0 Å². The topological polar surface area (TPSA) is 51.8 Å². The number of fused-ring (bicyclic) bond motifs is 6. The second kappa shape index (κ2) is 13.3. The fourth-order valence-electron chi connectivity index (χ4n) is 7.93. The van der Waals surface area contributed by atoms with Gasteiger partial charge in [0.1, 0.15) is 11.2 Å². The summed E-state index contributed by atoms with van der Waals surface area (Å²) in [5.74, 6) is 1.93. The number of benzene rings is 8. The maximum atomic E-state index is 6.66. The van der Waals surface area contributed by atoms with Crippen molar-refractivity contribution in [1.29, 1.82) is 0 Å². The van der Waals surface area contributed by atoms with E-state index in [1.165, 1.54) is 26.6 Å². The first-order chi connectivity index (χ1) is 27.8. The third-order valence-electron chi connectivity index (χ3n) is 10.6. The van der Waals surface area contributed by atoms with Crippen LogP contribution in [0, 0.1) is 0 Å². The summed E-state index contributed by atoms with van der Waals surface area (Å²) in [7, 11) is 0. The molecule has 0 N–H and O–H groups in total. The molecule has 5 heteroatoms. The summed E-state index contributed by atoms with van der Waals surface area (Å²) in [5.41, 5.74) is 11.5. The Balaban J connectivity index is 1.11. The van der Waals surface area contributed by atoms with E-state index in [1.807, 2.05) is 36.4 Å². The van der Waals surface area contributed by atoms with Crippen LogP contribution in [0.15, 0.2) is 192 Å². The second-order valence-electron chi connectivity index (χ2n) is 13.9. The highest BCUT2D eigenvalue weighted by atomic mass is 32.1. The van der Waals surface area contributed by atoms with Crippen LogP contribution in [-0.2, 0) is 0 Å². The van der Waals surface area contributed by atoms with Gasteiger partial charge in [-0.05, 0) is 52.1 Å². The Bertz CT molecular complexity index is 3230. The Kier molecular flexibility index (Phi) is 7.64. The van der Waals surface area contributed by atoms with Crippen LogP contribution in [0.1, 0.15) is 0 Å². The molecule has 0 fully saturated rings. The predicted molar refractivity (Wildman–Crippen MR) is 233 cm³/mol. The molecule has 0 saturated carbocycles. The summed E-state index contributed by atoms with van der Waals surface area (Å²) in [4.78, 5) is 15.4. The molecule has 3 heterocycles. The number of hydrogen-bond acceptors (Lipinski definition) is 5. The van der Waals surface area contributed by atoms with Crippen LogP contribution in [0.3, 0.4) is 0 Å². The van der Waals surface area contributed by atoms with Crippen molar-refractivity contribution in [3.8, 4) is 67.5 Å². The highest BCUT2D eigenvalue weighted by molar-refractivity contribution is 7.26. The van der Waals surface area contributed by atoms with Crippen molar-refractivity contribution >= 4 is 53.4 Å². The number of aromatic nitrogens is 3. The Morgan fingerprint density at radius 1 is 0.339 bits per heavy atom. The van der Waals surface area contributed by atoms with Crippen LogP contribution >= 0.6 is 11.3 Å². The summed E-state index contributed by atoms with van der Waals surface area (Å²) in [6.07, 6.45) is 0. The molecule has 56 heavy (non-hydrogen) atoms. The SMILES string of the molecule is c1ccc(-c2ccc(-c3nc(-c4ccccc4)nc(-c4cccc5c4sc4cccc(-c6ccc(-c7ccccc7)c7oc8ccccc8c67)c45)n3)cc2)cc1. The molecule has 0 saturated heterocycles. The molecule has 0 radical (unpaired) electrons. The number of thiophene rings is 1. The first kappa shape index (κ1) is 32.2. The number of para-hydroxylation sites is 1. The number of rotatable bonds is 6. The van der Waals surface area contributed by atoms with E-state index in [0.717, 1.165) is 65.6 Å². The van der Waals surface area contributed by atoms with Gasteiger partial charge in [0.15, 0.2) is 17.5 Å². The van der Waals surface area contributed by atoms with Gasteiger partial charge < -0.3 is 4.42 Å². The molecule has 0 unspecified atom stereocenters. The monoisotopic (exact) mass is 733 g/mol. The second-order valence-corrected chi connectivity index (χ2v) is 15.0. The molecule has 0 bridgehead atoms. The minimum Gasteiger partial charge on any atom is -0.455 e. The van der Waals surface area contributed by atoms with E-state index in [0.29, 0.717) is 17.5 Å². The molecule has 262 valence electrons. The smallest absolute Gasteiger partial charge is 0.165 e. The predicted octanol–water partition coefficient (Wildman–Crippen LogP) is 14.1. The number of hydrogen-bond donors (Lipinski definition) is 0. The van der Waals surface area contributed by atoms with Gasteiger partial charge in [0, 0.05) is 53.2 Å². The van der Waals surface area contributed by atoms with Gasteiger partial charge >= 0.3 is 0 Å². The van der Waals surface area contributed by atoms with Gasteiger partial charge in [-0.1, -0.05) is 164 Å². The lowest BCUT2D eigenvalue weighted by Crippen LogP contribution is -2.00. The molecule has 0 aliphatic rings. The van der Waals surface area contributed by atoms with E-state index in [1.54, 1.807) is 11.3 Å². The average Bonchev–Trinajstić information content (AvgIpc) is 3.86. The highest BCUT2D eigenvalue weighted by Gasteiger charge is 2.22. The summed E-state index contributed by atoms with van der Waals surface area (Å²) >= 11 is 1.78. The van der Waals surface area contributed by atoms with Crippen LogP contribution in [0.5, 0.6) is 0 Å². The molecule has 0 amide bonds. The average molecular weight is 734 g/mol. The Morgan fingerprint density at radius 2 is 0.857 bits per heavy atom. The van der Waals surface area contributed by atoms with Crippen LogP contribution in [0.25, 0.3) is 110 Å². The molecule has 0 atom stereocenters. The van der Waals surface area contributed by atoms with Crippen molar-refractivity contribution in [1.82, 2.24) is 15.0 Å². The third-order valence-corrected chi connectivity index (χ3v) is 11.8. The summed E-state index contributed by atoms with van der Waals surface area (Å²) in [5, 5.41) is 4.61. The van der Waals surface area contributed by atoms with Gasteiger partial charge in [0.2, 0.25) is 0 Å². The van der Waals surface area contributed by atoms with E-state index in [4.69, 9.17) is 19.4 Å². The lowest BCUT2D eigenvalue weighted by Gasteiger charge is -2.11. The summed E-state index contributed by atoms with van der Waals surface area (Å²) in [6.45, 7) is 0. The Labute approximate surface area is 327 Å². The first-order valence-corrected chi connectivity index (χ1v) is 19.5. The fourth-order valence-corrected chi connectivity index (χ4v) is 9.17. The van der Waals surface area contributed by atoms with E-state index < -0.39 is 0 Å². The lowest BCUT2D eigenvalue weighted by atomic mass is 9.92. The van der Waals surface area contributed by atoms with Crippen molar-refractivity contribution in [2.24, 2.45) is 0 Å². The van der Waals surface area contributed by atoms with Gasteiger partial charge in [0.05, 0.1) is 0 Å². The zero-order valence-electron chi connectivity index (χ0n) is 30.1. The molecular weight excluding hydrogens is 703 g/mol. The van der Waals surface area contributed by atoms with Gasteiger partial charge in [0.25, 0.3) is 0 Å². The van der Waals surface area contributed by atoms with Crippen molar-refractivity contribution < 1.29 is 4.42 Å². The third kappa shape index (κ3) is 5.40. The number of furan rings is 1. The quantitative estimate of drug-likeness (QED) is 0.171. The molecule has 11 rings (SSSR count). The van der Waals surface area contributed by atoms with E-state index >= 15 is 0 Å². The molecule has 0 aliphatic carbocycles. The maximum Gasteiger partial charge on any atom is 0.165 e. The standard InChI is InChI=1S/C51H31N3OS/c1-4-14-32(15-5-1)33-26-28-36(29-27-33)50-52-49(35-18-8-3-9-19-35)53-51(54-50)42-23-12-22-41-45-38(21-13-25-44(45)56-48(41)42)39-31-30-37(34-16-6-2-7-17-34)47-46(39)40-20-10-11-24-43(40)55-47/h1-31H. The highest BCUT2D eigenvalue weighted by Crippen LogP contribution is 2.47. The summed E-state index contributed by atoms with van der Waals surface area (Å²) in [6, 6.07) is 65.5. The summed E-state index contributed by atoms with van der Waals surface area (Å²) < 4.78 is 9.00. The molecular formula is C51H31N3OS. The minimum atomic E-state index is 0.639. The molecule has 11 aromatic rings. The Hall–Kier alpha value is -7.21. The number of nitrogens with zero attached hydrogens (tertiary/aromatic N) is 3. The van der Waals surface area contributed by atoms with Crippen molar-refractivity contribution in [3.05, 3.63) is 188 Å². The molecule has 8 aromatic carbocycles. The van der Waals surface area contributed by atoms with Gasteiger partial charge in [-0.2, -0.15) is 0 Å². The van der Waals surface area contributed by atoms with Crippen molar-refractivity contribution in [2.75, 3.05) is 0 Å². The fraction of sp³-hybridized carbons (Fsp3) is 0. The largest absolute Gasteiger partial charge is 0.455 e. The van der Waals surface area contributed by atoms with Crippen LogP contribution in [-0.4, -0.2) is 15.0 Å². The lowest BCUT2D eigenvalue weighted by molar-refractivity contribution is 0.670. The molecule has 4 nitrogen and oxygen atoms in total. The van der Waals surface area contributed by atoms with E-state index in [9.17, 15) is 0 Å².